The molecule has 0 saturated heterocycles. The highest BCUT2D eigenvalue weighted by Crippen LogP contribution is 2.13. The molecule has 2 aromatic rings. The van der Waals surface area contributed by atoms with Crippen LogP contribution in [0.1, 0.15) is 35.2 Å². The first-order valence-electron chi connectivity index (χ1n) is 7.49. The molecule has 116 valence electrons. The average molecular weight is 301 g/mol. The first-order chi connectivity index (χ1) is 10.6. The maximum absolute atomic E-state index is 12.6. The molecule has 1 aliphatic heterocycles. The van der Waals surface area contributed by atoms with Gasteiger partial charge in [0.15, 0.2) is 5.82 Å². The van der Waals surface area contributed by atoms with E-state index >= 15 is 0 Å². The summed E-state index contributed by atoms with van der Waals surface area (Å²) in [4.78, 5) is 30.6. The molecule has 0 aromatic carbocycles. The standard InChI is InChI=1S/C15H19N5O2/c1-3-7-20-15(22)19-9-8-18(10-12(19)17-20)14(21)13-11(2)5-4-6-16-13/h4-6H,3,7-10H2,1-2H3. The Morgan fingerprint density at radius 1 is 1.36 bits per heavy atom. The molecule has 0 aliphatic carbocycles. The van der Waals surface area contributed by atoms with E-state index in [4.69, 9.17) is 0 Å². The molecule has 0 saturated carbocycles. The van der Waals surface area contributed by atoms with E-state index in [1.165, 1.54) is 4.68 Å². The van der Waals surface area contributed by atoms with Gasteiger partial charge in [0.2, 0.25) is 0 Å². The summed E-state index contributed by atoms with van der Waals surface area (Å²) in [5, 5.41) is 4.34. The monoisotopic (exact) mass is 301 g/mol. The molecule has 0 spiro atoms. The van der Waals surface area contributed by atoms with Gasteiger partial charge in [-0.25, -0.2) is 9.48 Å². The smallest absolute Gasteiger partial charge is 0.328 e. The zero-order valence-electron chi connectivity index (χ0n) is 12.8. The van der Waals surface area contributed by atoms with Crippen molar-refractivity contribution in [1.82, 2.24) is 24.2 Å². The van der Waals surface area contributed by atoms with Crippen LogP contribution in [0.4, 0.5) is 0 Å². The number of rotatable bonds is 3. The van der Waals surface area contributed by atoms with Crippen molar-refractivity contribution in [3.8, 4) is 0 Å². The van der Waals surface area contributed by atoms with Crippen molar-refractivity contribution in [2.75, 3.05) is 6.54 Å². The lowest BCUT2D eigenvalue weighted by Gasteiger charge is -2.26. The lowest BCUT2D eigenvalue weighted by atomic mass is 10.2. The molecule has 0 N–H and O–H groups in total. The molecule has 0 radical (unpaired) electrons. The fourth-order valence-electron chi connectivity index (χ4n) is 2.69. The minimum atomic E-state index is -0.109. The summed E-state index contributed by atoms with van der Waals surface area (Å²) in [6.45, 7) is 5.81. The van der Waals surface area contributed by atoms with E-state index in [0.29, 0.717) is 37.7 Å². The van der Waals surface area contributed by atoms with Crippen LogP contribution in [0, 0.1) is 6.92 Å². The highest BCUT2D eigenvalue weighted by Gasteiger charge is 2.26. The third kappa shape index (κ3) is 2.43. The summed E-state index contributed by atoms with van der Waals surface area (Å²) in [5.41, 5.74) is 1.23. The predicted molar refractivity (Wildman–Crippen MR) is 80.5 cm³/mol. The maximum Gasteiger partial charge on any atom is 0.346 e. The normalized spacial score (nSPS) is 14.0. The third-order valence-electron chi connectivity index (χ3n) is 3.86. The number of nitrogens with zero attached hydrogens (tertiary/aromatic N) is 5. The predicted octanol–water partition coefficient (Wildman–Crippen LogP) is 0.814. The fourth-order valence-corrected chi connectivity index (χ4v) is 2.69. The molecular formula is C15H19N5O2. The lowest BCUT2D eigenvalue weighted by molar-refractivity contribution is 0.0699. The average Bonchev–Trinajstić information content (AvgIpc) is 2.83. The highest BCUT2D eigenvalue weighted by molar-refractivity contribution is 5.93. The molecule has 0 atom stereocenters. The van der Waals surface area contributed by atoms with Crippen molar-refractivity contribution in [3.63, 3.8) is 0 Å². The molecule has 7 heteroatoms. The van der Waals surface area contributed by atoms with Crippen LogP contribution in [0.5, 0.6) is 0 Å². The van der Waals surface area contributed by atoms with Gasteiger partial charge in [0.05, 0.1) is 6.54 Å². The number of aryl methyl sites for hydroxylation is 2. The van der Waals surface area contributed by atoms with Gasteiger partial charge in [-0.2, -0.15) is 5.10 Å². The zero-order valence-corrected chi connectivity index (χ0v) is 12.8. The molecule has 0 unspecified atom stereocenters. The van der Waals surface area contributed by atoms with E-state index in [2.05, 4.69) is 10.1 Å². The quantitative estimate of drug-likeness (QED) is 0.841. The van der Waals surface area contributed by atoms with E-state index in [1.807, 2.05) is 26.0 Å². The molecule has 3 heterocycles. The second-order valence-corrected chi connectivity index (χ2v) is 5.47. The van der Waals surface area contributed by atoms with Crippen LogP contribution in [0.3, 0.4) is 0 Å². The van der Waals surface area contributed by atoms with E-state index in [-0.39, 0.29) is 11.6 Å². The van der Waals surface area contributed by atoms with Crippen molar-refractivity contribution in [1.29, 1.82) is 0 Å². The lowest BCUT2D eigenvalue weighted by Crippen LogP contribution is -2.41. The Bertz CT molecular complexity index is 762. The number of hydrogen-bond acceptors (Lipinski definition) is 4. The van der Waals surface area contributed by atoms with Crippen molar-refractivity contribution in [2.45, 2.75) is 39.9 Å². The van der Waals surface area contributed by atoms with Crippen molar-refractivity contribution in [2.24, 2.45) is 0 Å². The van der Waals surface area contributed by atoms with Crippen LogP contribution in [0.25, 0.3) is 0 Å². The summed E-state index contributed by atoms with van der Waals surface area (Å²) in [6.07, 6.45) is 2.47. The summed E-state index contributed by atoms with van der Waals surface area (Å²) in [6, 6.07) is 3.68. The van der Waals surface area contributed by atoms with Crippen LogP contribution in [0.15, 0.2) is 23.1 Å². The van der Waals surface area contributed by atoms with Crippen LogP contribution in [0.2, 0.25) is 0 Å². The summed E-state index contributed by atoms with van der Waals surface area (Å²) >= 11 is 0. The Balaban J connectivity index is 1.85. The van der Waals surface area contributed by atoms with Crippen molar-refractivity contribution < 1.29 is 4.79 Å². The zero-order chi connectivity index (χ0) is 15.7. The Morgan fingerprint density at radius 2 is 2.18 bits per heavy atom. The molecule has 1 amide bonds. The van der Waals surface area contributed by atoms with Gasteiger partial charge in [0, 0.05) is 25.8 Å². The van der Waals surface area contributed by atoms with Gasteiger partial charge in [0.1, 0.15) is 5.69 Å². The van der Waals surface area contributed by atoms with Gasteiger partial charge in [-0.05, 0) is 25.0 Å². The molecule has 1 aliphatic rings. The van der Waals surface area contributed by atoms with Crippen LogP contribution < -0.4 is 5.69 Å². The molecule has 3 rings (SSSR count). The van der Waals surface area contributed by atoms with Crippen LogP contribution in [-0.2, 0) is 19.6 Å². The minimum Gasteiger partial charge on any atom is -0.328 e. The second-order valence-electron chi connectivity index (χ2n) is 5.47. The van der Waals surface area contributed by atoms with E-state index < -0.39 is 0 Å². The van der Waals surface area contributed by atoms with Gasteiger partial charge in [-0.3, -0.25) is 14.3 Å². The van der Waals surface area contributed by atoms with Gasteiger partial charge in [-0.15, -0.1) is 0 Å². The second kappa shape index (κ2) is 5.75. The molecule has 0 bridgehead atoms. The van der Waals surface area contributed by atoms with Gasteiger partial charge < -0.3 is 4.90 Å². The number of amides is 1. The SMILES string of the molecule is CCCn1nc2n(c1=O)CCN(C(=O)c1ncccc1C)C2. The molecule has 22 heavy (non-hydrogen) atoms. The number of fused-ring (bicyclic) bond motifs is 1. The van der Waals surface area contributed by atoms with Gasteiger partial charge in [-0.1, -0.05) is 13.0 Å². The largest absolute Gasteiger partial charge is 0.346 e. The number of hydrogen-bond donors (Lipinski definition) is 0. The molecular weight excluding hydrogens is 282 g/mol. The van der Waals surface area contributed by atoms with E-state index in [9.17, 15) is 9.59 Å². The van der Waals surface area contributed by atoms with E-state index in [0.717, 1.165) is 12.0 Å². The molecule has 7 nitrogen and oxygen atoms in total. The molecule has 2 aromatic heterocycles. The summed E-state index contributed by atoms with van der Waals surface area (Å²) in [7, 11) is 0. The Hall–Kier alpha value is -2.44. The Morgan fingerprint density at radius 3 is 2.91 bits per heavy atom. The number of carbonyl (C=O) groups excluding carboxylic acids is 1. The fraction of sp³-hybridized carbons (Fsp3) is 0.467. The van der Waals surface area contributed by atoms with Crippen LogP contribution in [-0.4, -0.2) is 36.7 Å². The van der Waals surface area contributed by atoms with Crippen LogP contribution >= 0.6 is 0 Å². The summed E-state index contributed by atoms with van der Waals surface area (Å²) in [5.74, 6) is 0.536. The topological polar surface area (TPSA) is 73.0 Å². The van der Waals surface area contributed by atoms with Gasteiger partial charge >= 0.3 is 5.69 Å². The highest BCUT2D eigenvalue weighted by atomic mass is 16.2. The van der Waals surface area contributed by atoms with Crippen molar-refractivity contribution >= 4 is 5.91 Å². The van der Waals surface area contributed by atoms with Gasteiger partial charge in [0.25, 0.3) is 5.91 Å². The number of carbonyl (C=O) groups is 1. The third-order valence-corrected chi connectivity index (χ3v) is 3.86. The van der Waals surface area contributed by atoms with E-state index in [1.54, 1.807) is 15.7 Å². The Labute approximate surface area is 128 Å². The number of aromatic nitrogens is 4. The molecule has 0 fully saturated rings. The maximum atomic E-state index is 12.6. The number of pyridine rings is 1. The first kappa shape index (κ1) is 14.5. The van der Waals surface area contributed by atoms with Crippen molar-refractivity contribution in [3.05, 3.63) is 45.9 Å². The minimum absolute atomic E-state index is 0.0852. The first-order valence-corrected chi connectivity index (χ1v) is 7.49. The summed E-state index contributed by atoms with van der Waals surface area (Å²) < 4.78 is 3.14. The Kier molecular flexibility index (Phi) is 3.79.